The van der Waals surface area contributed by atoms with Crippen LogP contribution in [0.25, 0.3) is 0 Å². The second-order valence-corrected chi connectivity index (χ2v) is 10.9. The summed E-state index contributed by atoms with van der Waals surface area (Å²) in [6.07, 6.45) is -0.564. The van der Waals surface area contributed by atoms with E-state index in [4.69, 9.17) is 9.31 Å². The fourth-order valence-corrected chi connectivity index (χ4v) is 5.62. The van der Waals surface area contributed by atoms with Crippen molar-refractivity contribution in [2.75, 3.05) is 5.32 Å². The summed E-state index contributed by atoms with van der Waals surface area (Å²) in [7, 11) is -0.616. The lowest BCUT2D eigenvalue weighted by molar-refractivity contribution is -0.123. The Morgan fingerprint density at radius 1 is 0.914 bits per heavy atom. The summed E-state index contributed by atoms with van der Waals surface area (Å²) < 4.78 is 68.9. The first-order valence-electron chi connectivity index (χ1n) is 11.9. The van der Waals surface area contributed by atoms with Crippen molar-refractivity contribution in [3.05, 3.63) is 59.2 Å². The molecule has 2 aromatic carbocycles. The zero-order chi connectivity index (χ0) is 25.4. The van der Waals surface area contributed by atoms with Crippen molar-refractivity contribution in [1.82, 2.24) is 0 Å². The molecule has 1 saturated carbocycles. The molecule has 186 valence electrons. The molecule has 1 amide bonds. The molecule has 2 fully saturated rings. The quantitative estimate of drug-likeness (QED) is 0.469. The maximum Gasteiger partial charge on any atom is 0.494 e. The molecule has 0 unspecified atom stereocenters. The van der Waals surface area contributed by atoms with Crippen molar-refractivity contribution in [2.45, 2.75) is 75.9 Å². The molecule has 1 saturated heterocycles. The van der Waals surface area contributed by atoms with E-state index in [1.165, 1.54) is 6.07 Å². The Morgan fingerprint density at radius 3 is 2.06 bits per heavy atom. The van der Waals surface area contributed by atoms with E-state index in [1.807, 2.05) is 27.7 Å². The molecular weight excluding hydrogens is 461 g/mol. The van der Waals surface area contributed by atoms with Gasteiger partial charge in [0.1, 0.15) is 5.41 Å². The summed E-state index contributed by atoms with van der Waals surface area (Å²) in [4.78, 5) is 13.6. The monoisotopic (exact) mass is 489 g/mol. The van der Waals surface area contributed by atoms with Gasteiger partial charge in [-0.1, -0.05) is 30.3 Å². The lowest BCUT2D eigenvalue weighted by Gasteiger charge is -2.40. The first-order chi connectivity index (χ1) is 16.3. The highest BCUT2D eigenvalue weighted by Crippen LogP contribution is 2.54. The van der Waals surface area contributed by atoms with Gasteiger partial charge in [0.25, 0.3) is 0 Å². The summed E-state index contributed by atoms with van der Waals surface area (Å²) in [6.45, 7) is 7.79. The third-order valence-corrected chi connectivity index (χ3v) is 8.34. The first-order valence-corrected chi connectivity index (χ1v) is 11.9. The molecule has 4 nitrogen and oxygen atoms in total. The molecule has 5 rings (SSSR count). The maximum absolute atomic E-state index is 14.7. The zero-order valence-electron chi connectivity index (χ0n) is 20.2. The summed E-state index contributed by atoms with van der Waals surface area (Å²) in [5.74, 6) is -6.06. The van der Waals surface area contributed by atoms with E-state index >= 15 is 0 Å². The van der Waals surface area contributed by atoms with Gasteiger partial charge >= 0.3 is 7.12 Å². The predicted molar refractivity (Wildman–Crippen MR) is 125 cm³/mol. The van der Waals surface area contributed by atoms with Crippen molar-refractivity contribution in [2.24, 2.45) is 5.92 Å². The average molecular weight is 489 g/mol. The fraction of sp³-hybridized carbons (Fsp3) is 0.500. The normalized spacial score (nSPS) is 27.1. The van der Waals surface area contributed by atoms with E-state index in [0.717, 1.165) is 11.5 Å². The number of benzene rings is 2. The van der Waals surface area contributed by atoms with Crippen LogP contribution in [-0.4, -0.2) is 30.2 Å². The van der Waals surface area contributed by atoms with Crippen molar-refractivity contribution in [3.63, 3.8) is 0 Å². The van der Waals surface area contributed by atoms with Gasteiger partial charge in [0, 0.05) is 12.8 Å². The van der Waals surface area contributed by atoms with E-state index in [2.05, 4.69) is 5.32 Å². The topological polar surface area (TPSA) is 47.6 Å². The van der Waals surface area contributed by atoms with Gasteiger partial charge in [-0.25, -0.2) is 17.6 Å². The van der Waals surface area contributed by atoms with E-state index < -0.39 is 53.1 Å². The third-order valence-electron chi connectivity index (χ3n) is 8.34. The van der Waals surface area contributed by atoms with Crippen LogP contribution in [0.4, 0.5) is 23.2 Å². The SMILES string of the molecule is CC1(C)OB(c2ccc([C@@]3(C4CCC(F)(F)CC4)C(=O)Nc4c3ccc(F)c4F)cc2)OC1(C)C. The molecule has 2 aliphatic heterocycles. The van der Waals surface area contributed by atoms with Crippen LogP contribution in [0.1, 0.15) is 64.5 Å². The highest BCUT2D eigenvalue weighted by atomic mass is 19.3. The van der Waals surface area contributed by atoms with Gasteiger partial charge in [-0.2, -0.15) is 0 Å². The minimum absolute atomic E-state index is 0.0812. The number of halogens is 4. The molecule has 0 aromatic heterocycles. The summed E-state index contributed by atoms with van der Waals surface area (Å²) in [5, 5.41) is 2.51. The summed E-state index contributed by atoms with van der Waals surface area (Å²) in [6, 6.07) is 9.41. The van der Waals surface area contributed by atoms with Crippen molar-refractivity contribution in [1.29, 1.82) is 0 Å². The van der Waals surface area contributed by atoms with Gasteiger partial charge in [0.05, 0.1) is 16.9 Å². The van der Waals surface area contributed by atoms with E-state index in [-0.39, 0.29) is 36.9 Å². The van der Waals surface area contributed by atoms with Gasteiger partial charge in [-0.05, 0) is 69.1 Å². The Labute approximate surface area is 202 Å². The molecule has 0 radical (unpaired) electrons. The number of alkyl halides is 2. The van der Waals surface area contributed by atoms with Crippen LogP contribution in [0.5, 0.6) is 0 Å². The van der Waals surface area contributed by atoms with Gasteiger partial charge in [-0.3, -0.25) is 4.79 Å². The standard InChI is InChI=1S/C26H28BF4NO3/c1-23(2)24(3,4)35-27(34-23)17-7-5-15(6-8-17)26(16-11-13-25(30,31)14-12-16)18-9-10-19(28)20(29)21(18)32-22(26)33/h5-10,16H,11-14H2,1-4H3,(H,32,33)/t26-/m0/s1. The van der Waals surface area contributed by atoms with E-state index in [0.29, 0.717) is 5.56 Å². The maximum atomic E-state index is 14.7. The number of carbonyl (C=O) groups is 1. The van der Waals surface area contributed by atoms with Crippen LogP contribution < -0.4 is 10.8 Å². The first kappa shape index (κ1) is 24.3. The number of hydrogen-bond acceptors (Lipinski definition) is 3. The van der Waals surface area contributed by atoms with Crippen LogP contribution in [0.2, 0.25) is 0 Å². The largest absolute Gasteiger partial charge is 0.494 e. The molecule has 0 spiro atoms. The second-order valence-electron chi connectivity index (χ2n) is 10.9. The predicted octanol–water partition coefficient (Wildman–Crippen LogP) is 5.33. The van der Waals surface area contributed by atoms with Gasteiger partial charge < -0.3 is 14.6 Å². The Bertz CT molecular complexity index is 1160. The Balaban J connectivity index is 1.59. The Morgan fingerprint density at radius 2 is 1.49 bits per heavy atom. The molecule has 1 aliphatic carbocycles. The molecule has 0 bridgehead atoms. The molecule has 35 heavy (non-hydrogen) atoms. The molecule has 2 aromatic rings. The number of hydrogen-bond donors (Lipinski definition) is 1. The van der Waals surface area contributed by atoms with Crippen LogP contribution in [-0.2, 0) is 19.5 Å². The lowest BCUT2D eigenvalue weighted by Crippen LogP contribution is -2.46. The zero-order valence-corrected chi connectivity index (χ0v) is 20.2. The molecule has 3 aliphatic rings. The molecule has 1 N–H and O–H groups in total. The molecule has 2 heterocycles. The Hall–Kier alpha value is -2.39. The molecular formula is C26H28BF4NO3. The molecule has 9 heteroatoms. The number of rotatable bonds is 3. The van der Waals surface area contributed by atoms with Gasteiger partial charge in [0.2, 0.25) is 11.8 Å². The minimum Gasteiger partial charge on any atom is -0.399 e. The Kier molecular flexibility index (Phi) is 5.42. The summed E-state index contributed by atoms with van der Waals surface area (Å²) >= 11 is 0. The minimum atomic E-state index is -2.80. The van der Waals surface area contributed by atoms with Crippen molar-refractivity contribution < 1.29 is 31.7 Å². The highest BCUT2D eigenvalue weighted by Gasteiger charge is 2.57. The summed E-state index contributed by atoms with van der Waals surface area (Å²) in [5.41, 5.74) is -1.14. The number of fused-ring (bicyclic) bond motifs is 1. The van der Waals surface area contributed by atoms with Crippen molar-refractivity contribution >= 4 is 24.2 Å². The number of carbonyl (C=O) groups excluding carboxylic acids is 1. The van der Waals surface area contributed by atoms with Gasteiger partial charge in [-0.15, -0.1) is 0 Å². The fourth-order valence-electron chi connectivity index (χ4n) is 5.62. The second kappa shape index (κ2) is 7.81. The van der Waals surface area contributed by atoms with Crippen LogP contribution in [0.15, 0.2) is 36.4 Å². The van der Waals surface area contributed by atoms with E-state index in [9.17, 15) is 22.4 Å². The number of anilines is 1. The van der Waals surface area contributed by atoms with Crippen molar-refractivity contribution in [3.8, 4) is 0 Å². The van der Waals surface area contributed by atoms with Crippen LogP contribution in [0.3, 0.4) is 0 Å². The third kappa shape index (κ3) is 3.61. The molecule has 1 atom stereocenters. The number of amides is 1. The lowest BCUT2D eigenvalue weighted by atomic mass is 9.61. The smallest absolute Gasteiger partial charge is 0.399 e. The highest BCUT2D eigenvalue weighted by molar-refractivity contribution is 6.62. The van der Waals surface area contributed by atoms with Crippen LogP contribution >= 0.6 is 0 Å². The average Bonchev–Trinajstić information content (AvgIpc) is 3.20. The van der Waals surface area contributed by atoms with E-state index in [1.54, 1.807) is 24.3 Å². The van der Waals surface area contributed by atoms with Crippen LogP contribution in [0, 0.1) is 17.6 Å². The number of nitrogens with one attached hydrogen (secondary N) is 1. The van der Waals surface area contributed by atoms with Gasteiger partial charge in [0.15, 0.2) is 11.6 Å².